The van der Waals surface area contributed by atoms with Gasteiger partial charge in [0.1, 0.15) is 4.49 Å². The highest BCUT2D eigenvalue weighted by Gasteiger charge is 2.55. The van der Waals surface area contributed by atoms with Crippen LogP contribution >= 0.6 is 23.2 Å². The zero-order chi connectivity index (χ0) is 15.1. The third-order valence-electron chi connectivity index (χ3n) is 4.18. The van der Waals surface area contributed by atoms with E-state index in [1.807, 2.05) is 6.08 Å². The van der Waals surface area contributed by atoms with Crippen molar-refractivity contribution in [3.05, 3.63) is 46.0 Å². The number of hydrogen-bond donors (Lipinski definition) is 0. The molecule has 0 spiro atoms. The van der Waals surface area contributed by atoms with E-state index >= 15 is 0 Å². The standard InChI is InChI=1S/C15H15Cl2F3/c1-14(2)11(12(14)8-13(16)17)7-9-3-5-10(6-4-9)15(18,19)20/h3-6,8,11-12H,7H2,1-2H3. The van der Waals surface area contributed by atoms with Crippen LogP contribution in [0.25, 0.3) is 0 Å². The highest BCUT2D eigenvalue weighted by Crippen LogP contribution is 2.60. The maximum absolute atomic E-state index is 12.5. The normalized spacial score (nSPS) is 24.4. The first-order chi connectivity index (χ1) is 9.12. The van der Waals surface area contributed by atoms with Gasteiger partial charge in [0.15, 0.2) is 0 Å². The number of halogens is 5. The summed E-state index contributed by atoms with van der Waals surface area (Å²) in [5.74, 6) is 0.626. The summed E-state index contributed by atoms with van der Waals surface area (Å²) >= 11 is 11.4. The first-order valence-electron chi connectivity index (χ1n) is 6.31. The number of allylic oxidation sites excluding steroid dienone is 1. The Balaban J connectivity index is 2.07. The van der Waals surface area contributed by atoms with E-state index in [1.54, 1.807) is 12.1 Å². The van der Waals surface area contributed by atoms with Crippen molar-refractivity contribution in [2.24, 2.45) is 17.3 Å². The largest absolute Gasteiger partial charge is 0.416 e. The van der Waals surface area contributed by atoms with Crippen molar-refractivity contribution < 1.29 is 13.2 Å². The first kappa shape index (κ1) is 15.7. The smallest absolute Gasteiger partial charge is 0.166 e. The maximum Gasteiger partial charge on any atom is 0.416 e. The molecule has 5 heteroatoms. The Morgan fingerprint density at radius 2 is 1.75 bits per heavy atom. The molecular formula is C15H15Cl2F3. The third-order valence-corrected chi connectivity index (χ3v) is 4.43. The molecule has 20 heavy (non-hydrogen) atoms. The van der Waals surface area contributed by atoms with Gasteiger partial charge in [-0.3, -0.25) is 0 Å². The first-order valence-corrected chi connectivity index (χ1v) is 7.07. The second-order valence-corrected chi connectivity index (χ2v) is 6.82. The molecule has 0 radical (unpaired) electrons. The van der Waals surface area contributed by atoms with Gasteiger partial charge in [-0.1, -0.05) is 55.3 Å². The van der Waals surface area contributed by atoms with Crippen molar-refractivity contribution in [1.29, 1.82) is 0 Å². The van der Waals surface area contributed by atoms with Gasteiger partial charge in [0.2, 0.25) is 0 Å². The average Bonchev–Trinajstić information content (AvgIpc) is 2.79. The molecule has 1 aliphatic carbocycles. The van der Waals surface area contributed by atoms with Crippen molar-refractivity contribution in [3.63, 3.8) is 0 Å². The second-order valence-electron chi connectivity index (χ2n) is 5.81. The summed E-state index contributed by atoms with van der Waals surface area (Å²) in [4.78, 5) is 0. The lowest BCUT2D eigenvalue weighted by Crippen LogP contribution is -2.04. The van der Waals surface area contributed by atoms with Crippen molar-refractivity contribution in [3.8, 4) is 0 Å². The average molecular weight is 323 g/mol. The van der Waals surface area contributed by atoms with Gasteiger partial charge in [0.05, 0.1) is 5.56 Å². The highest BCUT2D eigenvalue weighted by atomic mass is 35.5. The number of alkyl halides is 3. The van der Waals surface area contributed by atoms with E-state index in [9.17, 15) is 13.2 Å². The highest BCUT2D eigenvalue weighted by molar-refractivity contribution is 6.55. The summed E-state index contributed by atoms with van der Waals surface area (Å²) < 4.78 is 37.7. The quantitative estimate of drug-likeness (QED) is 0.655. The van der Waals surface area contributed by atoms with Gasteiger partial charge in [0, 0.05) is 0 Å². The van der Waals surface area contributed by atoms with Crippen LogP contribution in [0.5, 0.6) is 0 Å². The molecule has 0 amide bonds. The van der Waals surface area contributed by atoms with Crippen molar-refractivity contribution in [1.82, 2.24) is 0 Å². The fourth-order valence-corrected chi connectivity index (χ4v) is 3.00. The molecule has 1 aromatic rings. The van der Waals surface area contributed by atoms with E-state index in [0.29, 0.717) is 5.92 Å². The zero-order valence-corrected chi connectivity index (χ0v) is 12.7. The zero-order valence-electron chi connectivity index (χ0n) is 11.1. The van der Waals surface area contributed by atoms with Crippen LogP contribution in [0.3, 0.4) is 0 Å². The minimum absolute atomic E-state index is 0.0811. The van der Waals surface area contributed by atoms with Gasteiger partial charge in [-0.05, 0) is 41.4 Å². The maximum atomic E-state index is 12.5. The summed E-state index contributed by atoms with van der Waals surface area (Å²) in [6, 6.07) is 5.34. The molecule has 2 rings (SSSR count). The van der Waals surface area contributed by atoms with E-state index in [1.165, 1.54) is 0 Å². The van der Waals surface area contributed by atoms with E-state index in [0.717, 1.165) is 24.1 Å². The summed E-state index contributed by atoms with van der Waals surface area (Å²) in [5.41, 5.74) is 0.367. The number of benzene rings is 1. The Kier molecular flexibility index (Phi) is 4.14. The predicted molar refractivity (Wildman–Crippen MR) is 75.7 cm³/mol. The second kappa shape index (κ2) is 5.27. The van der Waals surface area contributed by atoms with Crippen molar-refractivity contribution >= 4 is 23.2 Å². The fraction of sp³-hybridized carbons (Fsp3) is 0.467. The predicted octanol–water partition coefficient (Wildman–Crippen LogP) is 5.84. The molecule has 0 bridgehead atoms. The van der Waals surface area contributed by atoms with Gasteiger partial charge in [-0.15, -0.1) is 0 Å². The molecule has 110 valence electrons. The Morgan fingerprint density at radius 1 is 1.20 bits per heavy atom. The van der Waals surface area contributed by atoms with E-state index in [-0.39, 0.29) is 15.8 Å². The van der Waals surface area contributed by atoms with Gasteiger partial charge < -0.3 is 0 Å². The van der Waals surface area contributed by atoms with Crippen LogP contribution in [0.4, 0.5) is 13.2 Å². The van der Waals surface area contributed by atoms with Crippen molar-refractivity contribution in [2.75, 3.05) is 0 Å². The molecule has 1 fully saturated rings. The molecule has 0 heterocycles. The monoisotopic (exact) mass is 322 g/mol. The summed E-state index contributed by atoms with van der Waals surface area (Å²) in [6.07, 6.45) is -1.74. The lowest BCUT2D eigenvalue weighted by Gasteiger charge is -2.08. The molecule has 0 saturated heterocycles. The molecule has 2 unspecified atom stereocenters. The van der Waals surface area contributed by atoms with Gasteiger partial charge >= 0.3 is 6.18 Å². The van der Waals surface area contributed by atoms with Crippen LogP contribution in [-0.4, -0.2) is 0 Å². The van der Waals surface area contributed by atoms with Gasteiger partial charge in [-0.25, -0.2) is 0 Å². The summed E-state index contributed by atoms with van der Waals surface area (Å²) in [5, 5.41) is 0. The Bertz CT molecular complexity index is 511. The van der Waals surface area contributed by atoms with Crippen LogP contribution in [0.1, 0.15) is 25.0 Å². The van der Waals surface area contributed by atoms with Crippen LogP contribution < -0.4 is 0 Å². The van der Waals surface area contributed by atoms with Crippen molar-refractivity contribution in [2.45, 2.75) is 26.4 Å². The molecule has 0 N–H and O–H groups in total. The van der Waals surface area contributed by atoms with Crippen LogP contribution in [-0.2, 0) is 12.6 Å². The molecule has 0 aliphatic heterocycles. The van der Waals surface area contributed by atoms with E-state index in [4.69, 9.17) is 23.2 Å². The minimum Gasteiger partial charge on any atom is -0.166 e. The van der Waals surface area contributed by atoms with Crippen LogP contribution in [0, 0.1) is 17.3 Å². The summed E-state index contributed by atoms with van der Waals surface area (Å²) in [7, 11) is 0. The SMILES string of the molecule is CC1(C)C(C=C(Cl)Cl)C1Cc1ccc(C(F)(F)F)cc1. The minimum atomic E-state index is -4.28. The van der Waals surface area contributed by atoms with E-state index in [2.05, 4.69) is 13.8 Å². The lowest BCUT2D eigenvalue weighted by molar-refractivity contribution is -0.137. The lowest BCUT2D eigenvalue weighted by atomic mass is 10.0. The van der Waals surface area contributed by atoms with Gasteiger partial charge in [0.25, 0.3) is 0 Å². The Hall–Kier alpha value is -0.670. The fourth-order valence-electron chi connectivity index (χ4n) is 2.73. The number of rotatable bonds is 3. The molecular weight excluding hydrogens is 308 g/mol. The van der Waals surface area contributed by atoms with Crippen LogP contribution in [0.2, 0.25) is 0 Å². The molecule has 2 atom stereocenters. The van der Waals surface area contributed by atoms with E-state index < -0.39 is 11.7 Å². The number of hydrogen-bond acceptors (Lipinski definition) is 0. The topological polar surface area (TPSA) is 0 Å². The molecule has 0 nitrogen and oxygen atoms in total. The van der Waals surface area contributed by atoms with Crippen LogP contribution in [0.15, 0.2) is 34.8 Å². The molecule has 1 saturated carbocycles. The molecule has 1 aromatic carbocycles. The third kappa shape index (κ3) is 3.32. The summed E-state index contributed by atoms with van der Waals surface area (Å²) in [6.45, 7) is 4.22. The Morgan fingerprint density at radius 3 is 2.20 bits per heavy atom. The Labute approximate surface area is 126 Å². The van der Waals surface area contributed by atoms with Gasteiger partial charge in [-0.2, -0.15) is 13.2 Å². The molecule has 0 aromatic heterocycles. The molecule has 1 aliphatic rings.